The first-order valence-electron chi connectivity index (χ1n) is 7.48. The molecular formula is C15H19ClN6S. The van der Waals surface area contributed by atoms with Crippen LogP contribution in [0.4, 0.5) is 5.95 Å². The molecule has 1 aliphatic rings. The lowest BCUT2D eigenvalue weighted by atomic mass is 10.3. The number of halogens is 1. The van der Waals surface area contributed by atoms with Crippen molar-refractivity contribution in [2.75, 3.05) is 38.1 Å². The Hall–Kier alpha value is -1.86. The van der Waals surface area contributed by atoms with Gasteiger partial charge in [0.25, 0.3) is 0 Å². The molecule has 1 N–H and O–H groups in total. The number of nitrogens with zero attached hydrogens (tertiary/aromatic N) is 5. The average molecular weight is 351 g/mol. The maximum absolute atomic E-state index is 5.97. The van der Waals surface area contributed by atoms with E-state index in [9.17, 15) is 0 Å². The smallest absolute Gasteiger partial charge is 0.225 e. The van der Waals surface area contributed by atoms with E-state index in [1.807, 2.05) is 25.2 Å². The third kappa shape index (κ3) is 4.11. The number of aliphatic imine (C=N–C) groups is 1. The van der Waals surface area contributed by atoms with E-state index in [0.29, 0.717) is 0 Å². The molecule has 1 fully saturated rings. The Morgan fingerprint density at radius 1 is 1.26 bits per heavy atom. The zero-order valence-electron chi connectivity index (χ0n) is 12.9. The summed E-state index contributed by atoms with van der Waals surface area (Å²) in [5, 5.41) is 3.40. The van der Waals surface area contributed by atoms with Crippen molar-refractivity contribution in [1.29, 1.82) is 0 Å². The fraction of sp³-hybridized carbons (Fsp3) is 0.400. The fourth-order valence-corrected chi connectivity index (χ4v) is 3.55. The van der Waals surface area contributed by atoms with Crippen molar-refractivity contribution in [1.82, 2.24) is 20.2 Å². The van der Waals surface area contributed by atoms with E-state index in [1.165, 1.54) is 4.88 Å². The second-order valence-electron chi connectivity index (χ2n) is 5.13. The molecule has 0 aromatic carbocycles. The van der Waals surface area contributed by atoms with E-state index in [-0.39, 0.29) is 0 Å². The number of nitrogens with one attached hydrogen (secondary N) is 1. The second-order valence-corrected chi connectivity index (χ2v) is 6.93. The van der Waals surface area contributed by atoms with Crippen LogP contribution in [0.15, 0.2) is 35.6 Å². The van der Waals surface area contributed by atoms with Gasteiger partial charge in [0, 0.05) is 50.5 Å². The molecule has 2 aromatic heterocycles. The molecule has 0 radical (unpaired) electrons. The van der Waals surface area contributed by atoms with Crippen molar-refractivity contribution in [2.24, 2.45) is 4.99 Å². The summed E-state index contributed by atoms with van der Waals surface area (Å²) >= 11 is 7.55. The molecule has 1 saturated heterocycles. The van der Waals surface area contributed by atoms with Gasteiger partial charge in [0.05, 0.1) is 10.9 Å². The molecule has 2 aromatic rings. The van der Waals surface area contributed by atoms with Gasteiger partial charge in [-0.2, -0.15) is 0 Å². The molecule has 6 nitrogen and oxygen atoms in total. The fourth-order valence-electron chi connectivity index (χ4n) is 2.52. The predicted octanol–water partition coefficient (Wildman–Crippen LogP) is 2.09. The minimum Gasteiger partial charge on any atom is -0.351 e. The van der Waals surface area contributed by atoms with Crippen molar-refractivity contribution in [2.45, 2.75) is 6.54 Å². The van der Waals surface area contributed by atoms with Crippen LogP contribution >= 0.6 is 22.9 Å². The molecule has 0 spiro atoms. The molecule has 122 valence electrons. The van der Waals surface area contributed by atoms with Crippen LogP contribution in [-0.4, -0.2) is 54.1 Å². The first kappa shape index (κ1) is 16.0. The Balaban J connectivity index is 1.53. The molecule has 3 heterocycles. The molecule has 3 rings (SSSR count). The number of anilines is 1. The van der Waals surface area contributed by atoms with Gasteiger partial charge in [0.1, 0.15) is 0 Å². The van der Waals surface area contributed by atoms with Crippen molar-refractivity contribution in [3.05, 3.63) is 39.8 Å². The van der Waals surface area contributed by atoms with Gasteiger partial charge in [-0.25, -0.2) is 9.97 Å². The lowest BCUT2D eigenvalue weighted by Gasteiger charge is -2.36. The van der Waals surface area contributed by atoms with Gasteiger partial charge < -0.3 is 15.1 Å². The first-order chi connectivity index (χ1) is 11.3. The van der Waals surface area contributed by atoms with Crippen LogP contribution in [0.5, 0.6) is 0 Å². The van der Waals surface area contributed by atoms with Gasteiger partial charge >= 0.3 is 0 Å². The van der Waals surface area contributed by atoms with Crippen LogP contribution in [0.1, 0.15) is 4.88 Å². The molecule has 8 heteroatoms. The second kappa shape index (κ2) is 7.61. The van der Waals surface area contributed by atoms with Crippen molar-refractivity contribution in [3.8, 4) is 0 Å². The average Bonchev–Trinajstić information content (AvgIpc) is 3.02. The van der Waals surface area contributed by atoms with Gasteiger partial charge in [-0.3, -0.25) is 4.99 Å². The summed E-state index contributed by atoms with van der Waals surface area (Å²) in [5.74, 6) is 1.71. The highest BCUT2D eigenvalue weighted by molar-refractivity contribution is 7.16. The summed E-state index contributed by atoms with van der Waals surface area (Å²) in [7, 11) is 1.82. The minimum absolute atomic E-state index is 0.742. The standard InChI is InChI=1S/C15H19ClN6S/c1-17-14(20-11-12-3-4-13(16)23-12)21-7-9-22(10-8-21)15-18-5-2-6-19-15/h2-6H,7-11H2,1H3,(H,17,20). The van der Waals surface area contributed by atoms with Crippen molar-refractivity contribution >= 4 is 34.8 Å². The lowest BCUT2D eigenvalue weighted by Crippen LogP contribution is -2.52. The van der Waals surface area contributed by atoms with Gasteiger partial charge in [0.15, 0.2) is 5.96 Å². The number of hydrogen-bond acceptors (Lipinski definition) is 5. The molecule has 0 amide bonds. The van der Waals surface area contributed by atoms with E-state index in [1.54, 1.807) is 23.7 Å². The monoisotopic (exact) mass is 350 g/mol. The SMILES string of the molecule is CN=C(NCc1ccc(Cl)s1)N1CCN(c2ncccn2)CC1. The van der Waals surface area contributed by atoms with Gasteiger partial charge in [0.2, 0.25) is 5.95 Å². The number of rotatable bonds is 3. The first-order valence-corrected chi connectivity index (χ1v) is 8.67. The Morgan fingerprint density at radius 2 is 2.00 bits per heavy atom. The highest BCUT2D eigenvalue weighted by atomic mass is 35.5. The highest BCUT2D eigenvalue weighted by Gasteiger charge is 2.21. The zero-order chi connectivity index (χ0) is 16.1. The van der Waals surface area contributed by atoms with Crippen LogP contribution in [0.25, 0.3) is 0 Å². The quantitative estimate of drug-likeness (QED) is 0.678. The number of hydrogen-bond donors (Lipinski definition) is 1. The van der Waals surface area contributed by atoms with E-state index < -0.39 is 0 Å². The number of aromatic nitrogens is 2. The third-order valence-corrected chi connectivity index (χ3v) is 4.91. The van der Waals surface area contributed by atoms with Crippen LogP contribution in [0.2, 0.25) is 4.34 Å². The Bertz CT molecular complexity index is 651. The Labute approximate surface area is 144 Å². The Morgan fingerprint density at radius 3 is 2.61 bits per heavy atom. The normalized spacial score (nSPS) is 15.8. The van der Waals surface area contributed by atoms with Gasteiger partial charge in [-0.1, -0.05) is 11.6 Å². The topological polar surface area (TPSA) is 56.7 Å². The van der Waals surface area contributed by atoms with Crippen LogP contribution < -0.4 is 10.2 Å². The zero-order valence-corrected chi connectivity index (χ0v) is 14.5. The Kier molecular flexibility index (Phi) is 5.30. The maximum Gasteiger partial charge on any atom is 0.225 e. The van der Waals surface area contributed by atoms with Gasteiger partial charge in [-0.05, 0) is 18.2 Å². The summed E-state index contributed by atoms with van der Waals surface area (Å²) in [6, 6.07) is 5.80. The van der Waals surface area contributed by atoms with Gasteiger partial charge in [-0.15, -0.1) is 11.3 Å². The maximum atomic E-state index is 5.97. The van der Waals surface area contributed by atoms with E-state index in [0.717, 1.165) is 49.0 Å². The van der Waals surface area contributed by atoms with E-state index in [4.69, 9.17) is 11.6 Å². The molecule has 0 saturated carbocycles. The molecule has 0 bridgehead atoms. The highest BCUT2D eigenvalue weighted by Crippen LogP contribution is 2.21. The van der Waals surface area contributed by atoms with Crippen LogP contribution in [-0.2, 0) is 6.54 Å². The minimum atomic E-state index is 0.742. The molecular weight excluding hydrogens is 332 g/mol. The number of thiophene rings is 1. The largest absolute Gasteiger partial charge is 0.351 e. The van der Waals surface area contributed by atoms with E-state index in [2.05, 4.69) is 30.1 Å². The summed E-state index contributed by atoms with van der Waals surface area (Å²) in [5.41, 5.74) is 0. The lowest BCUT2D eigenvalue weighted by molar-refractivity contribution is 0.370. The molecule has 0 atom stereocenters. The van der Waals surface area contributed by atoms with E-state index >= 15 is 0 Å². The summed E-state index contributed by atoms with van der Waals surface area (Å²) in [6.45, 7) is 4.30. The molecule has 0 aliphatic carbocycles. The molecule has 23 heavy (non-hydrogen) atoms. The number of guanidine groups is 1. The third-order valence-electron chi connectivity index (χ3n) is 3.68. The predicted molar refractivity (Wildman–Crippen MR) is 95.3 cm³/mol. The molecule has 0 unspecified atom stereocenters. The molecule has 1 aliphatic heterocycles. The summed E-state index contributed by atoms with van der Waals surface area (Å²) < 4.78 is 0.813. The summed E-state index contributed by atoms with van der Waals surface area (Å²) in [4.78, 5) is 18.7. The van der Waals surface area contributed by atoms with Crippen molar-refractivity contribution in [3.63, 3.8) is 0 Å². The van der Waals surface area contributed by atoms with Crippen LogP contribution in [0, 0.1) is 0 Å². The summed E-state index contributed by atoms with van der Waals surface area (Å²) in [6.07, 6.45) is 3.56. The van der Waals surface area contributed by atoms with Crippen LogP contribution in [0.3, 0.4) is 0 Å². The number of piperazine rings is 1. The van der Waals surface area contributed by atoms with Crippen molar-refractivity contribution < 1.29 is 0 Å².